The highest BCUT2D eigenvalue weighted by Crippen LogP contribution is 2.12. The number of hydrogen-bond acceptors (Lipinski definition) is 2. The van der Waals surface area contributed by atoms with Gasteiger partial charge in [0.05, 0.1) is 5.56 Å². The number of hydrogen-bond donors (Lipinski definition) is 2. The Morgan fingerprint density at radius 2 is 2.28 bits per heavy atom. The van der Waals surface area contributed by atoms with E-state index in [2.05, 4.69) is 10.6 Å². The lowest BCUT2D eigenvalue weighted by atomic mass is 10.1. The van der Waals surface area contributed by atoms with Crippen molar-refractivity contribution in [3.63, 3.8) is 0 Å². The van der Waals surface area contributed by atoms with Crippen molar-refractivity contribution in [3.8, 4) is 0 Å². The van der Waals surface area contributed by atoms with E-state index in [1.807, 2.05) is 0 Å². The highest BCUT2D eigenvalue weighted by Gasteiger charge is 2.16. The summed E-state index contributed by atoms with van der Waals surface area (Å²) < 4.78 is 26.2. The number of nitrogens with one attached hydrogen (secondary N) is 2. The number of halogens is 2. The molecular formula is C13H16F2N2O. The summed E-state index contributed by atoms with van der Waals surface area (Å²) in [5.74, 6) is -1.31. The molecule has 0 aromatic heterocycles. The van der Waals surface area contributed by atoms with Gasteiger partial charge in [0.2, 0.25) is 0 Å². The molecule has 1 heterocycles. The van der Waals surface area contributed by atoms with Crippen LogP contribution in [0.25, 0.3) is 0 Å². The van der Waals surface area contributed by atoms with E-state index in [1.54, 1.807) is 0 Å². The minimum Gasteiger partial charge on any atom is -0.352 e. The zero-order valence-electron chi connectivity index (χ0n) is 10.0. The van der Waals surface area contributed by atoms with E-state index in [0.717, 1.165) is 44.1 Å². The SMILES string of the molecule is O=C(NCCC1CCNC1)c1cc(F)ccc1F. The van der Waals surface area contributed by atoms with Crippen molar-refractivity contribution in [1.82, 2.24) is 10.6 Å². The van der Waals surface area contributed by atoms with Crippen molar-refractivity contribution in [3.05, 3.63) is 35.4 Å². The zero-order valence-corrected chi connectivity index (χ0v) is 10.0. The van der Waals surface area contributed by atoms with E-state index in [4.69, 9.17) is 0 Å². The number of carbonyl (C=O) groups is 1. The first kappa shape index (κ1) is 13.0. The third-order valence-electron chi connectivity index (χ3n) is 3.17. The van der Waals surface area contributed by atoms with Gasteiger partial charge < -0.3 is 10.6 Å². The molecule has 5 heteroatoms. The van der Waals surface area contributed by atoms with Gasteiger partial charge in [-0.2, -0.15) is 0 Å². The summed E-state index contributed by atoms with van der Waals surface area (Å²) in [6.07, 6.45) is 1.96. The quantitative estimate of drug-likeness (QED) is 0.858. The van der Waals surface area contributed by atoms with Crippen LogP contribution in [0.15, 0.2) is 18.2 Å². The van der Waals surface area contributed by atoms with Gasteiger partial charge in [-0.25, -0.2) is 8.78 Å². The fourth-order valence-corrected chi connectivity index (χ4v) is 2.12. The van der Waals surface area contributed by atoms with Crippen LogP contribution in [0.2, 0.25) is 0 Å². The first-order valence-corrected chi connectivity index (χ1v) is 6.11. The lowest BCUT2D eigenvalue weighted by Gasteiger charge is -2.09. The summed E-state index contributed by atoms with van der Waals surface area (Å²) in [6.45, 7) is 2.46. The summed E-state index contributed by atoms with van der Waals surface area (Å²) >= 11 is 0. The molecule has 2 rings (SSSR count). The summed E-state index contributed by atoms with van der Waals surface area (Å²) in [5.41, 5.74) is -0.237. The molecular weight excluding hydrogens is 238 g/mol. The highest BCUT2D eigenvalue weighted by molar-refractivity contribution is 5.94. The maximum atomic E-state index is 13.3. The lowest BCUT2D eigenvalue weighted by Crippen LogP contribution is -2.27. The molecule has 18 heavy (non-hydrogen) atoms. The molecule has 1 aromatic rings. The van der Waals surface area contributed by atoms with Gasteiger partial charge in [0.25, 0.3) is 5.91 Å². The Labute approximate surface area is 105 Å². The molecule has 0 saturated carbocycles. The van der Waals surface area contributed by atoms with Crippen LogP contribution in [0.5, 0.6) is 0 Å². The second-order valence-corrected chi connectivity index (χ2v) is 4.53. The smallest absolute Gasteiger partial charge is 0.254 e. The van der Waals surface area contributed by atoms with Crippen molar-refractivity contribution in [2.24, 2.45) is 5.92 Å². The third kappa shape index (κ3) is 3.26. The van der Waals surface area contributed by atoms with E-state index < -0.39 is 17.5 Å². The number of benzene rings is 1. The Kier molecular flexibility index (Phi) is 4.25. The first-order valence-electron chi connectivity index (χ1n) is 6.11. The van der Waals surface area contributed by atoms with E-state index in [9.17, 15) is 13.6 Å². The zero-order chi connectivity index (χ0) is 13.0. The molecule has 1 amide bonds. The monoisotopic (exact) mass is 254 g/mol. The average Bonchev–Trinajstić information content (AvgIpc) is 2.85. The Balaban J connectivity index is 1.85. The predicted octanol–water partition coefficient (Wildman–Crippen LogP) is 1.69. The Hall–Kier alpha value is -1.49. The third-order valence-corrected chi connectivity index (χ3v) is 3.17. The van der Waals surface area contributed by atoms with Crippen molar-refractivity contribution in [2.45, 2.75) is 12.8 Å². The maximum Gasteiger partial charge on any atom is 0.254 e. The molecule has 3 nitrogen and oxygen atoms in total. The topological polar surface area (TPSA) is 41.1 Å². The standard InChI is InChI=1S/C13H16F2N2O/c14-10-1-2-12(15)11(7-10)13(18)17-6-4-9-3-5-16-8-9/h1-2,7,9,16H,3-6,8H2,(H,17,18). The Morgan fingerprint density at radius 3 is 3.00 bits per heavy atom. The maximum absolute atomic E-state index is 13.3. The number of carbonyl (C=O) groups excluding carboxylic acids is 1. The van der Waals surface area contributed by atoms with Crippen LogP contribution in [-0.4, -0.2) is 25.5 Å². The van der Waals surface area contributed by atoms with E-state index in [0.29, 0.717) is 12.5 Å². The van der Waals surface area contributed by atoms with Gasteiger partial charge in [-0.3, -0.25) is 4.79 Å². The summed E-state index contributed by atoms with van der Waals surface area (Å²) in [5, 5.41) is 5.86. The van der Waals surface area contributed by atoms with Gasteiger partial charge in [0.1, 0.15) is 11.6 Å². The van der Waals surface area contributed by atoms with Gasteiger partial charge >= 0.3 is 0 Å². The van der Waals surface area contributed by atoms with E-state index >= 15 is 0 Å². The largest absolute Gasteiger partial charge is 0.352 e. The number of amides is 1. The van der Waals surface area contributed by atoms with Gasteiger partial charge in [-0.15, -0.1) is 0 Å². The van der Waals surface area contributed by atoms with Crippen molar-refractivity contribution in [1.29, 1.82) is 0 Å². The van der Waals surface area contributed by atoms with Crippen molar-refractivity contribution >= 4 is 5.91 Å². The summed E-state index contributed by atoms with van der Waals surface area (Å²) in [7, 11) is 0. The Morgan fingerprint density at radius 1 is 1.44 bits per heavy atom. The molecule has 1 aromatic carbocycles. The molecule has 1 fully saturated rings. The highest BCUT2D eigenvalue weighted by atomic mass is 19.1. The van der Waals surface area contributed by atoms with Crippen molar-refractivity contribution < 1.29 is 13.6 Å². The van der Waals surface area contributed by atoms with Crippen LogP contribution >= 0.6 is 0 Å². The minimum atomic E-state index is -0.698. The predicted molar refractivity (Wildman–Crippen MR) is 64.3 cm³/mol. The second kappa shape index (κ2) is 5.91. The molecule has 1 aliphatic heterocycles. The van der Waals surface area contributed by atoms with Crippen LogP contribution in [0.1, 0.15) is 23.2 Å². The van der Waals surface area contributed by atoms with Crippen LogP contribution in [0.4, 0.5) is 8.78 Å². The second-order valence-electron chi connectivity index (χ2n) is 4.53. The van der Waals surface area contributed by atoms with Crippen LogP contribution in [0, 0.1) is 17.6 Å². The average molecular weight is 254 g/mol. The molecule has 98 valence electrons. The van der Waals surface area contributed by atoms with E-state index in [-0.39, 0.29) is 5.56 Å². The molecule has 0 bridgehead atoms. The molecule has 1 unspecified atom stereocenters. The van der Waals surface area contributed by atoms with Gasteiger partial charge in [0.15, 0.2) is 0 Å². The molecule has 2 N–H and O–H groups in total. The molecule has 1 aliphatic rings. The normalized spacial score (nSPS) is 18.9. The van der Waals surface area contributed by atoms with E-state index in [1.165, 1.54) is 0 Å². The van der Waals surface area contributed by atoms with Gasteiger partial charge in [-0.05, 0) is 50.0 Å². The van der Waals surface area contributed by atoms with Gasteiger partial charge in [0, 0.05) is 6.54 Å². The molecule has 1 saturated heterocycles. The molecule has 0 radical (unpaired) electrons. The first-order chi connectivity index (χ1) is 8.66. The van der Waals surface area contributed by atoms with Gasteiger partial charge in [-0.1, -0.05) is 0 Å². The minimum absolute atomic E-state index is 0.237. The van der Waals surface area contributed by atoms with Crippen LogP contribution < -0.4 is 10.6 Å². The molecule has 1 atom stereocenters. The number of rotatable bonds is 4. The molecule has 0 spiro atoms. The fourth-order valence-electron chi connectivity index (χ4n) is 2.12. The van der Waals surface area contributed by atoms with Crippen molar-refractivity contribution in [2.75, 3.05) is 19.6 Å². The van der Waals surface area contributed by atoms with Crippen LogP contribution in [0.3, 0.4) is 0 Å². The summed E-state index contributed by atoms with van der Waals surface area (Å²) in [4.78, 5) is 11.7. The Bertz CT molecular complexity index is 431. The summed E-state index contributed by atoms with van der Waals surface area (Å²) in [6, 6.07) is 2.88. The lowest BCUT2D eigenvalue weighted by molar-refractivity contribution is 0.0947. The van der Waals surface area contributed by atoms with Crippen LogP contribution in [-0.2, 0) is 0 Å². The fraction of sp³-hybridized carbons (Fsp3) is 0.462. The molecule has 0 aliphatic carbocycles.